The quantitative estimate of drug-likeness (QED) is 0.806. The van der Waals surface area contributed by atoms with Gasteiger partial charge in [0.1, 0.15) is 6.61 Å². The third kappa shape index (κ3) is 2.76. The Labute approximate surface area is 104 Å². The Hall–Kier alpha value is -0.700. The highest BCUT2D eigenvalue weighted by Gasteiger charge is 2.33. The molecular weight excluding hydrogens is 216 g/mol. The van der Waals surface area contributed by atoms with Gasteiger partial charge in [0, 0.05) is 5.57 Å². The second-order valence-corrected chi connectivity index (χ2v) is 5.78. The van der Waals surface area contributed by atoms with Crippen molar-refractivity contribution in [3.05, 3.63) is 11.5 Å². The summed E-state index contributed by atoms with van der Waals surface area (Å²) >= 11 is 0. The summed E-state index contributed by atoms with van der Waals surface area (Å²) in [5, 5.41) is 9.08. The molecule has 1 saturated carbocycles. The van der Waals surface area contributed by atoms with Crippen LogP contribution in [0.15, 0.2) is 11.5 Å². The molecule has 2 fully saturated rings. The summed E-state index contributed by atoms with van der Waals surface area (Å²) in [7, 11) is 0. The van der Waals surface area contributed by atoms with Crippen LogP contribution in [-0.4, -0.2) is 24.4 Å². The molecule has 0 radical (unpaired) electrons. The van der Waals surface area contributed by atoms with Crippen LogP contribution in [0.1, 0.15) is 40.0 Å². The first kappa shape index (κ1) is 12.7. The monoisotopic (exact) mass is 240 g/mol. The Morgan fingerprint density at radius 1 is 1.35 bits per heavy atom. The zero-order chi connectivity index (χ0) is 12.4. The largest absolute Gasteiger partial charge is 0.461 e. The Balaban J connectivity index is 2.17. The third-order valence-electron chi connectivity index (χ3n) is 3.93. The van der Waals surface area contributed by atoms with Crippen LogP contribution in [0.3, 0.4) is 0 Å². The molecule has 2 unspecified atom stereocenters. The van der Waals surface area contributed by atoms with Crippen LogP contribution >= 0.6 is 0 Å². The highest BCUT2D eigenvalue weighted by atomic mass is 16.7. The minimum Gasteiger partial charge on any atom is -0.461 e. The van der Waals surface area contributed by atoms with E-state index in [4.69, 9.17) is 14.6 Å². The van der Waals surface area contributed by atoms with E-state index >= 15 is 0 Å². The van der Waals surface area contributed by atoms with Crippen molar-refractivity contribution in [2.24, 2.45) is 17.8 Å². The molecule has 0 aromatic carbocycles. The van der Waals surface area contributed by atoms with Gasteiger partial charge < -0.3 is 14.6 Å². The van der Waals surface area contributed by atoms with Crippen LogP contribution in [0.2, 0.25) is 0 Å². The first-order valence-corrected chi connectivity index (χ1v) is 6.75. The highest BCUT2D eigenvalue weighted by molar-refractivity contribution is 5.14. The molecule has 3 nitrogen and oxygen atoms in total. The summed E-state index contributed by atoms with van der Waals surface area (Å²) in [6, 6.07) is 0. The van der Waals surface area contributed by atoms with Gasteiger partial charge in [-0.3, -0.25) is 0 Å². The molecule has 2 aliphatic rings. The van der Waals surface area contributed by atoms with Crippen LogP contribution in [0.25, 0.3) is 0 Å². The molecule has 0 amide bonds. The fourth-order valence-electron chi connectivity index (χ4n) is 2.88. The van der Waals surface area contributed by atoms with Crippen LogP contribution < -0.4 is 0 Å². The molecule has 1 saturated heterocycles. The van der Waals surface area contributed by atoms with Crippen LogP contribution in [-0.2, 0) is 9.47 Å². The van der Waals surface area contributed by atoms with Gasteiger partial charge in [0.05, 0.1) is 6.61 Å². The van der Waals surface area contributed by atoms with Crippen molar-refractivity contribution in [3.63, 3.8) is 0 Å². The average Bonchev–Trinajstić information content (AvgIpc) is 2.76. The number of ether oxygens (including phenoxy) is 2. The van der Waals surface area contributed by atoms with E-state index in [1.54, 1.807) is 0 Å². The first-order valence-electron chi connectivity index (χ1n) is 6.75. The maximum Gasteiger partial charge on any atom is 0.279 e. The Kier molecular flexibility index (Phi) is 3.97. The van der Waals surface area contributed by atoms with Gasteiger partial charge in [-0.2, -0.15) is 0 Å². The zero-order valence-corrected chi connectivity index (χ0v) is 11.1. The molecule has 2 rings (SSSR count). The molecule has 1 N–H and O–H groups in total. The molecule has 17 heavy (non-hydrogen) atoms. The standard InChI is InChI=1S/C14H24O3/c1-9(2)12-5-4-10(3)6-13(12)14-16-8-11(7-15)17-14/h9-12,15H,4-8H2,1-3H3/b14-13+/t10-,11?,12?/m1/s1. The number of hydrogen-bond donors (Lipinski definition) is 1. The maximum atomic E-state index is 9.08. The van der Waals surface area contributed by atoms with Crippen molar-refractivity contribution in [2.45, 2.75) is 46.1 Å². The van der Waals surface area contributed by atoms with Crippen LogP contribution in [0.5, 0.6) is 0 Å². The number of aliphatic hydroxyl groups excluding tert-OH is 1. The Morgan fingerprint density at radius 3 is 2.71 bits per heavy atom. The molecule has 1 aliphatic heterocycles. The van der Waals surface area contributed by atoms with Gasteiger partial charge >= 0.3 is 0 Å². The first-order chi connectivity index (χ1) is 8.11. The average molecular weight is 240 g/mol. The van der Waals surface area contributed by atoms with Crippen LogP contribution in [0, 0.1) is 17.8 Å². The second kappa shape index (κ2) is 5.30. The van der Waals surface area contributed by atoms with Gasteiger partial charge in [0.15, 0.2) is 6.10 Å². The summed E-state index contributed by atoms with van der Waals surface area (Å²) < 4.78 is 11.3. The zero-order valence-electron chi connectivity index (χ0n) is 11.1. The minimum absolute atomic E-state index is 0.0404. The molecule has 98 valence electrons. The van der Waals surface area contributed by atoms with E-state index in [1.165, 1.54) is 18.4 Å². The van der Waals surface area contributed by atoms with E-state index in [0.29, 0.717) is 30.3 Å². The minimum atomic E-state index is -0.164. The van der Waals surface area contributed by atoms with Gasteiger partial charge in [-0.25, -0.2) is 0 Å². The predicted octanol–water partition coefficient (Wildman–Crippen LogP) is 2.70. The van der Waals surface area contributed by atoms with Crippen molar-refractivity contribution in [1.82, 2.24) is 0 Å². The van der Waals surface area contributed by atoms with Crippen molar-refractivity contribution in [1.29, 1.82) is 0 Å². The number of aliphatic hydroxyl groups is 1. The number of rotatable bonds is 2. The SMILES string of the molecule is CC(C)C1CC[C@@H](C)C/C1=C1/OCC(CO)O1. The molecule has 0 bridgehead atoms. The van der Waals surface area contributed by atoms with E-state index in [1.807, 2.05) is 0 Å². The molecule has 1 aliphatic carbocycles. The molecule has 3 atom stereocenters. The summed E-state index contributed by atoms with van der Waals surface area (Å²) in [5.41, 5.74) is 1.34. The van der Waals surface area contributed by atoms with E-state index in [-0.39, 0.29) is 12.7 Å². The van der Waals surface area contributed by atoms with E-state index in [2.05, 4.69) is 20.8 Å². The van der Waals surface area contributed by atoms with Gasteiger partial charge in [-0.1, -0.05) is 20.8 Å². The predicted molar refractivity (Wildman–Crippen MR) is 66.3 cm³/mol. The summed E-state index contributed by atoms with van der Waals surface area (Å²) in [6.07, 6.45) is 3.44. The maximum absolute atomic E-state index is 9.08. The fraction of sp³-hybridized carbons (Fsp3) is 0.857. The summed E-state index contributed by atoms with van der Waals surface area (Å²) in [4.78, 5) is 0. The van der Waals surface area contributed by atoms with Crippen LogP contribution in [0.4, 0.5) is 0 Å². The molecule has 3 heteroatoms. The highest BCUT2D eigenvalue weighted by Crippen LogP contribution is 2.40. The van der Waals surface area contributed by atoms with Crippen molar-refractivity contribution < 1.29 is 14.6 Å². The third-order valence-corrected chi connectivity index (χ3v) is 3.93. The number of allylic oxidation sites excluding steroid dienone is 1. The molecule has 0 spiro atoms. The topological polar surface area (TPSA) is 38.7 Å². The van der Waals surface area contributed by atoms with Gasteiger partial charge in [0.2, 0.25) is 0 Å². The van der Waals surface area contributed by atoms with Gasteiger partial charge in [-0.05, 0) is 37.0 Å². The molecule has 1 heterocycles. The molecule has 0 aromatic heterocycles. The Morgan fingerprint density at radius 2 is 2.12 bits per heavy atom. The lowest BCUT2D eigenvalue weighted by molar-refractivity contribution is 0.0851. The second-order valence-electron chi connectivity index (χ2n) is 5.78. The van der Waals surface area contributed by atoms with Crippen molar-refractivity contribution >= 4 is 0 Å². The lowest BCUT2D eigenvalue weighted by Crippen LogP contribution is -2.22. The lowest BCUT2D eigenvalue weighted by atomic mass is 9.74. The molecular formula is C14H24O3. The number of hydrogen-bond acceptors (Lipinski definition) is 3. The van der Waals surface area contributed by atoms with Gasteiger partial charge in [0.25, 0.3) is 5.95 Å². The summed E-state index contributed by atoms with van der Waals surface area (Å²) in [5.74, 6) is 2.64. The lowest BCUT2D eigenvalue weighted by Gasteiger charge is -2.32. The van der Waals surface area contributed by atoms with Crippen molar-refractivity contribution in [2.75, 3.05) is 13.2 Å². The smallest absolute Gasteiger partial charge is 0.279 e. The van der Waals surface area contributed by atoms with Crippen molar-refractivity contribution in [3.8, 4) is 0 Å². The van der Waals surface area contributed by atoms with E-state index in [0.717, 1.165) is 6.42 Å². The fourth-order valence-corrected chi connectivity index (χ4v) is 2.88. The normalized spacial score (nSPS) is 38.1. The van der Waals surface area contributed by atoms with E-state index in [9.17, 15) is 0 Å². The Bertz CT molecular complexity index is 296. The summed E-state index contributed by atoms with van der Waals surface area (Å²) in [6.45, 7) is 7.35. The van der Waals surface area contributed by atoms with Gasteiger partial charge in [-0.15, -0.1) is 0 Å². The van der Waals surface area contributed by atoms with E-state index < -0.39 is 0 Å². The molecule has 0 aromatic rings.